The van der Waals surface area contributed by atoms with Gasteiger partial charge in [0.25, 0.3) is 0 Å². The van der Waals surface area contributed by atoms with Crippen molar-refractivity contribution in [1.29, 1.82) is 0 Å². The molecule has 0 radical (unpaired) electrons. The minimum Gasteiger partial charge on any atom is -0.478 e. The zero-order valence-electron chi connectivity index (χ0n) is 10.0. The van der Waals surface area contributed by atoms with Gasteiger partial charge in [-0.25, -0.2) is 4.79 Å². The van der Waals surface area contributed by atoms with Gasteiger partial charge in [0.1, 0.15) is 0 Å². The molecular formula is C13H12BrNO3. The van der Waals surface area contributed by atoms with Crippen LogP contribution in [0.15, 0.2) is 22.7 Å². The third kappa shape index (κ3) is 2.11. The number of methoxy groups -OCH3 is 1. The number of aromatic carboxylic acids is 1. The number of pyridine rings is 1. The Kier molecular flexibility index (Phi) is 3.63. The maximum absolute atomic E-state index is 11.5. The molecule has 0 aliphatic rings. The van der Waals surface area contributed by atoms with Crippen LogP contribution in [-0.2, 0) is 11.3 Å². The minimum absolute atomic E-state index is 0.239. The maximum Gasteiger partial charge on any atom is 0.336 e. The highest BCUT2D eigenvalue weighted by Gasteiger charge is 2.19. The summed E-state index contributed by atoms with van der Waals surface area (Å²) >= 11 is 3.39. The molecule has 0 fully saturated rings. The number of hydrogen-bond donors (Lipinski definition) is 1. The lowest BCUT2D eigenvalue weighted by Gasteiger charge is -2.12. The molecule has 0 bridgehead atoms. The van der Waals surface area contributed by atoms with E-state index in [2.05, 4.69) is 20.9 Å². The number of rotatable bonds is 3. The third-order valence-corrected chi connectivity index (χ3v) is 3.42. The van der Waals surface area contributed by atoms with Crippen molar-refractivity contribution in [3.63, 3.8) is 0 Å². The Morgan fingerprint density at radius 2 is 2.22 bits per heavy atom. The summed E-state index contributed by atoms with van der Waals surface area (Å²) in [5, 5.41) is 10.0. The monoisotopic (exact) mass is 309 g/mol. The van der Waals surface area contributed by atoms with E-state index >= 15 is 0 Å². The van der Waals surface area contributed by atoms with Crippen molar-refractivity contribution in [3.8, 4) is 0 Å². The summed E-state index contributed by atoms with van der Waals surface area (Å²) in [6, 6.07) is 5.40. The number of aryl methyl sites for hydroxylation is 1. The number of carboxylic acid groups (broad SMARTS) is 1. The van der Waals surface area contributed by atoms with E-state index < -0.39 is 5.97 Å². The van der Waals surface area contributed by atoms with E-state index in [4.69, 9.17) is 4.74 Å². The van der Waals surface area contributed by atoms with Crippen LogP contribution in [0, 0.1) is 6.92 Å². The molecule has 1 N–H and O–H groups in total. The van der Waals surface area contributed by atoms with Gasteiger partial charge >= 0.3 is 5.97 Å². The molecule has 5 heteroatoms. The number of benzene rings is 1. The van der Waals surface area contributed by atoms with Crippen molar-refractivity contribution in [2.45, 2.75) is 13.5 Å². The molecule has 1 aromatic carbocycles. The lowest BCUT2D eigenvalue weighted by molar-refractivity contribution is 0.0694. The van der Waals surface area contributed by atoms with Gasteiger partial charge in [0.2, 0.25) is 0 Å². The SMILES string of the molecule is COCc1c(C)nc2c(Br)cccc2c1C(=O)O. The van der Waals surface area contributed by atoms with E-state index in [1.807, 2.05) is 6.07 Å². The summed E-state index contributed by atoms with van der Waals surface area (Å²) in [6.45, 7) is 2.03. The van der Waals surface area contributed by atoms with Crippen LogP contribution < -0.4 is 0 Å². The summed E-state index contributed by atoms with van der Waals surface area (Å²) in [6.07, 6.45) is 0. The van der Waals surface area contributed by atoms with E-state index in [9.17, 15) is 9.90 Å². The lowest BCUT2D eigenvalue weighted by Crippen LogP contribution is -2.08. The molecule has 0 unspecified atom stereocenters. The van der Waals surface area contributed by atoms with Gasteiger partial charge in [-0.05, 0) is 28.9 Å². The zero-order chi connectivity index (χ0) is 13.3. The smallest absolute Gasteiger partial charge is 0.336 e. The molecule has 0 aliphatic heterocycles. The number of aromatic nitrogens is 1. The van der Waals surface area contributed by atoms with Crippen LogP contribution in [0.5, 0.6) is 0 Å². The summed E-state index contributed by atoms with van der Waals surface area (Å²) in [7, 11) is 1.54. The molecule has 1 heterocycles. The van der Waals surface area contributed by atoms with E-state index in [0.29, 0.717) is 22.2 Å². The summed E-state index contributed by atoms with van der Waals surface area (Å²) in [5.74, 6) is -0.962. The first kappa shape index (κ1) is 13.0. The number of hydrogen-bond acceptors (Lipinski definition) is 3. The third-order valence-electron chi connectivity index (χ3n) is 2.78. The second-order valence-electron chi connectivity index (χ2n) is 3.92. The largest absolute Gasteiger partial charge is 0.478 e. The number of ether oxygens (including phenoxy) is 1. The predicted octanol–water partition coefficient (Wildman–Crippen LogP) is 3.15. The van der Waals surface area contributed by atoms with Gasteiger partial charge in [-0.2, -0.15) is 0 Å². The van der Waals surface area contributed by atoms with Crippen LogP contribution in [0.4, 0.5) is 0 Å². The lowest BCUT2D eigenvalue weighted by atomic mass is 10.0. The van der Waals surface area contributed by atoms with Crippen LogP contribution in [0.3, 0.4) is 0 Å². The van der Waals surface area contributed by atoms with Crippen molar-refractivity contribution in [2.75, 3.05) is 7.11 Å². The second-order valence-corrected chi connectivity index (χ2v) is 4.78. The fourth-order valence-electron chi connectivity index (χ4n) is 1.97. The van der Waals surface area contributed by atoms with E-state index in [-0.39, 0.29) is 12.2 Å². The van der Waals surface area contributed by atoms with Crippen LogP contribution >= 0.6 is 15.9 Å². The fraction of sp³-hybridized carbons (Fsp3) is 0.231. The summed E-state index contributed by atoms with van der Waals surface area (Å²) < 4.78 is 5.85. The molecular weight excluding hydrogens is 298 g/mol. The summed E-state index contributed by atoms with van der Waals surface area (Å²) in [4.78, 5) is 15.9. The number of fused-ring (bicyclic) bond motifs is 1. The van der Waals surface area contributed by atoms with Crippen molar-refractivity contribution in [3.05, 3.63) is 39.5 Å². The molecule has 0 atom stereocenters. The van der Waals surface area contributed by atoms with Gasteiger partial charge in [0.15, 0.2) is 0 Å². The number of carboxylic acids is 1. The molecule has 0 spiro atoms. The van der Waals surface area contributed by atoms with Crippen LogP contribution in [-0.4, -0.2) is 23.2 Å². The van der Waals surface area contributed by atoms with E-state index in [1.54, 1.807) is 19.1 Å². The Bertz CT molecular complexity index is 625. The topological polar surface area (TPSA) is 59.4 Å². The van der Waals surface area contributed by atoms with Gasteiger partial charge in [0, 0.05) is 28.2 Å². The second kappa shape index (κ2) is 5.04. The molecule has 0 saturated carbocycles. The van der Waals surface area contributed by atoms with Crippen LogP contribution in [0.25, 0.3) is 10.9 Å². The van der Waals surface area contributed by atoms with Crippen LogP contribution in [0.1, 0.15) is 21.6 Å². The number of carbonyl (C=O) groups is 1. The Hall–Kier alpha value is -1.46. The fourth-order valence-corrected chi connectivity index (χ4v) is 2.43. The molecule has 2 rings (SSSR count). The highest BCUT2D eigenvalue weighted by Crippen LogP contribution is 2.28. The van der Waals surface area contributed by atoms with Gasteiger partial charge in [-0.15, -0.1) is 0 Å². The molecule has 94 valence electrons. The van der Waals surface area contributed by atoms with E-state index in [1.165, 1.54) is 7.11 Å². The van der Waals surface area contributed by atoms with Crippen molar-refractivity contribution in [2.24, 2.45) is 0 Å². The van der Waals surface area contributed by atoms with Crippen molar-refractivity contribution >= 4 is 32.8 Å². The van der Waals surface area contributed by atoms with Crippen molar-refractivity contribution in [1.82, 2.24) is 4.98 Å². The number of para-hydroxylation sites is 1. The zero-order valence-corrected chi connectivity index (χ0v) is 11.6. The maximum atomic E-state index is 11.5. The molecule has 0 saturated heterocycles. The molecule has 2 aromatic rings. The minimum atomic E-state index is -0.962. The molecule has 18 heavy (non-hydrogen) atoms. The van der Waals surface area contributed by atoms with Gasteiger partial charge < -0.3 is 9.84 Å². The predicted molar refractivity (Wildman–Crippen MR) is 71.9 cm³/mol. The first-order chi connectivity index (χ1) is 8.56. The average molecular weight is 310 g/mol. The average Bonchev–Trinajstić information content (AvgIpc) is 2.31. The van der Waals surface area contributed by atoms with Gasteiger partial charge in [-0.3, -0.25) is 4.98 Å². The molecule has 0 aliphatic carbocycles. The van der Waals surface area contributed by atoms with Crippen molar-refractivity contribution < 1.29 is 14.6 Å². The number of nitrogens with zero attached hydrogens (tertiary/aromatic N) is 1. The van der Waals surface area contributed by atoms with Gasteiger partial charge in [0.05, 0.1) is 17.7 Å². The van der Waals surface area contributed by atoms with Crippen LogP contribution in [0.2, 0.25) is 0 Å². The number of halogens is 1. The Labute approximate surface area is 113 Å². The Balaban J connectivity index is 2.89. The molecule has 4 nitrogen and oxygen atoms in total. The van der Waals surface area contributed by atoms with Gasteiger partial charge in [-0.1, -0.05) is 12.1 Å². The first-order valence-electron chi connectivity index (χ1n) is 5.36. The Morgan fingerprint density at radius 3 is 2.83 bits per heavy atom. The molecule has 0 amide bonds. The first-order valence-corrected chi connectivity index (χ1v) is 6.15. The highest BCUT2D eigenvalue weighted by atomic mass is 79.9. The standard InChI is InChI=1S/C13H12BrNO3/c1-7-9(6-18-2)11(13(16)17)8-4-3-5-10(14)12(8)15-7/h3-5H,6H2,1-2H3,(H,16,17). The molecule has 1 aromatic heterocycles. The Morgan fingerprint density at radius 1 is 1.50 bits per heavy atom. The van der Waals surface area contributed by atoms with E-state index in [0.717, 1.165) is 4.47 Å². The normalized spacial score (nSPS) is 10.8. The highest BCUT2D eigenvalue weighted by molar-refractivity contribution is 9.10. The summed E-state index contributed by atoms with van der Waals surface area (Å²) in [5.41, 5.74) is 2.22. The quantitative estimate of drug-likeness (QED) is 0.946.